The maximum atomic E-state index is 12.1. The van der Waals surface area contributed by atoms with Crippen molar-refractivity contribution in [2.75, 3.05) is 6.61 Å². The number of benzene rings is 1. The number of rotatable bonds is 5. The second-order valence-electron chi connectivity index (χ2n) is 5.01. The number of hydrogen-bond donors (Lipinski definition) is 3. The highest BCUT2D eigenvalue weighted by Crippen LogP contribution is 2.22. The number of aromatic nitrogens is 2. The fourth-order valence-corrected chi connectivity index (χ4v) is 2.81. The summed E-state index contributed by atoms with van der Waals surface area (Å²) in [5.74, 6) is -0.246. The second-order valence-corrected chi connectivity index (χ2v) is 5.96. The Hall–Kier alpha value is -3.13. The first-order valence-electron chi connectivity index (χ1n) is 7.60. The first-order chi connectivity index (χ1) is 12.2. The van der Waals surface area contributed by atoms with E-state index in [1.807, 2.05) is 24.4 Å². The van der Waals surface area contributed by atoms with Crippen LogP contribution in [0.3, 0.4) is 0 Å². The number of nitrogens with zero attached hydrogens (tertiary/aromatic N) is 1. The maximum absolute atomic E-state index is 12.1. The zero-order valence-corrected chi connectivity index (χ0v) is 14.2. The van der Waals surface area contributed by atoms with Crippen LogP contribution in [0.4, 0.5) is 0 Å². The Labute approximate surface area is 148 Å². The largest absolute Gasteiger partial charge is 0.494 e. The normalized spacial score (nSPS) is 10.3. The molecule has 3 aromatic rings. The van der Waals surface area contributed by atoms with Crippen LogP contribution < -0.4 is 15.6 Å². The molecule has 3 N–H and O–H groups in total. The Morgan fingerprint density at radius 2 is 1.92 bits per heavy atom. The molecule has 2 amide bonds. The zero-order valence-electron chi connectivity index (χ0n) is 13.4. The minimum absolute atomic E-state index is 0.190. The SMILES string of the molecule is CCOc1ccc(C(=O)NNC(=O)c2cc(-c3cccs3)[nH]n2)cc1. The summed E-state index contributed by atoms with van der Waals surface area (Å²) in [6.45, 7) is 2.44. The average molecular weight is 356 g/mol. The number of amides is 2. The molecule has 0 bridgehead atoms. The standard InChI is InChI=1S/C17H16N4O3S/c1-2-24-12-7-5-11(6-8-12)16(22)20-21-17(23)14-10-13(18-19-14)15-4-3-9-25-15/h3-10H,2H2,1H3,(H,18,19)(H,20,22)(H,21,23). The number of carbonyl (C=O) groups is 2. The van der Waals surface area contributed by atoms with Gasteiger partial charge in [-0.3, -0.25) is 25.5 Å². The van der Waals surface area contributed by atoms with E-state index in [9.17, 15) is 9.59 Å². The number of hydrazine groups is 1. The van der Waals surface area contributed by atoms with E-state index in [1.54, 1.807) is 30.3 Å². The minimum atomic E-state index is -0.502. The van der Waals surface area contributed by atoms with E-state index < -0.39 is 11.8 Å². The van der Waals surface area contributed by atoms with Crippen LogP contribution in [0.5, 0.6) is 5.75 Å². The maximum Gasteiger partial charge on any atom is 0.290 e. The fraction of sp³-hybridized carbons (Fsp3) is 0.118. The third-order valence-corrected chi connectivity index (χ3v) is 4.22. The summed E-state index contributed by atoms with van der Waals surface area (Å²) in [7, 11) is 0. The van der Waals surface area contributed by atoms with Gasteiger partial charge in [0.25, 0.3) is 11.8 Å². The predicted octanol–water partition coefficient (Wildman–Crippen LogP) is 2.61. The van der Waals surface area contributed by atoms with Crippen molar-refractivity contribution in [1.29, 1.82) is 0 Å². The van der Waals surface area contributed by atoms with E-state index in [4.69, 9.17) is 4.74 Å². The van der Waals surface area contributed by atoms with Gasteiger partial charge in [0.15, 0.2) is 5.69 Å². The molecule has 0 unspecified atom stereocenters. The minimum Gasteiger partial charge on any atom is -0.494 e. The Morgan fingerprint density at radius 3 is 2.60 bits per heavy atom. The van der Waals surface area contributed by atoms with Crippen LogP contribution in [0.15, 0.2) is 47.8 Å². The molecule has 128 valence electrons. The lowest BCUT2D eigenvalue weighted by Gasteiger charge is -2.07. The predicted molar refractivity (Wildman–Crippen MR) is 94.4 cm³/mol. The monoisotopic (exact) mass is 356 g/mol. The molecular weight excluding hydrogens is 340 g/mol. The van der Waals surface area contributed by atoms with Gasteiger partial charge in [0.05, 0.1) is 17.2 Å². The Kier molecular flexibility index (Phi) is 5.10. The quantitative estimate of drug-likeness (QED) is 0.612. The molecule has 0 atom stereocenters. The van der Waals surface area contributed by atoms with Gasteiger partial charge in [-0.1, -0.05) is 6.07 Å². The van der Waals surface area contributed by atoms with Crippen molar-refractivity contribution >= 4 is 23.2 Å². The highest BCUT2D eigenvalue weighted by Gasteiger charge is 2.13. The molecule has 0 spiro atoms. The van der Waals surface area contributed by atoms with Crippen LogP contribution in [0.1, 0.15) is 27.8 Å². The lowest BCUT2D eigenvalue weighted by Crippen LogP contribution is -2.41. The van der Waals surface area contributed by atoms with Crippen molar-refractivity contribution in [2.45, 2.75) is 6.92 Å². The van der Waals surface area contributed by atoms with E-state index in [1.165, 1.54) is 11.3 Å². The molecule has 0 saturated heterocycles. The van der Waals surface area contributed by atoms with Gasteiger partial charge >= 0.3 is 0 Å². The van der Waals surface area contributed by atoms with Crippen LogP contribution >= 0.6 is 11.3 Å². The number of H-pyrrole nitrogens is 1. The van der Waals surface area contributed by atoms with Gasteiger partial charge in [-0.15, -0.1) is 11.3 Å². The molecule has 7 nitrogen and oxygen atoms in total. The molecule has 3 rings (SSSR count). The van der Waals surface area contributed by atoms with Crippen LogP contribution in [-0.4, -0.2) is 28.6 Å². The van der Waals surface area contributed by atoms with Gasteiger partial charge in [0.1, 0.15) is 5.75 Å². The summed E-state index contributed by atoms with van der Waals surface area (Å²) >= 11 is 1.54. The topological polar surface area (TPSA) is 96.1 Å². The molecule has 0 aliphatic heterocycles. The van der Waals surface area contributed by atoms with E-state index >= 15 is 0 Å². The summed E-state index contributed by atoms with van der Waals surface area (Å²) in [6.07, 6.45) is 0. The molecule has 2 heterocycles. The molecule has 2 aromatic heterocycles. The van der Waals surface area contributed by atoms with Gasteiger partial charge in [-0.25, -0.2) is 0 Å². The van der Waals surface area contributed by atoms with Crippen molar-refractivity contribution in [3.63, 3.8) is 0 Å². The molecule has 0 aliphatic rings. The molecule has 0 saturated carbocycles. The summed E-state index contributed by atoms with van der Waals surface area (Å²) in [4.78, 5) is 25.1. The first-order valence-corrected chi connectivity index (χ1v) is 8.48. The van der Waals surface area contributed by atoms with Crippen LogP contribution in [0.2, 0.25) is 0 Å². The second kappa shape index (κ2) is 7.63. The Morgan fingerprint density at radius 1 is 1.16 bits per heavy atom. The van der Waals surface area contributed by atoms with Gasteiger partial charge in [-0.05, 0) is 48.7 Å². The molecule has 25 heavy (non-hydrogen) atoms. The summed E-state index contributed by atoms with van der Waals surface area (Å²) in [5.41, 5.74) is 6.05. The van der Waals surface area contributed by atoms with E-state index in [2.05, 4.69) is 21.0 Å². The molecular formula is C17H16N4O3S. The van der Waals surface area contributed by atoms with E-state index in [-0.39, 0.29) is 5.69 Å². The van der Waals surface area contributed by atoms with Crippen molar-refractivity contribution in [3.05, 3.63) is 59.1 Å². The summed E-state index contributed by atoms with van der Waals surface area (Å²) in [6, 6.07) is 12.1. The molecule has 8 heteroatoms. The lowest BCUT2D eigenvalue weighted by molar-refractivity contribution is 0.0844. The number of nitrogens with one attached hydrogen (secondary N) is 3. The van der Waals surface area contributed by atoms with E-state index in [0.717, 1.165) is 10.6 Å². The van der Waals surface area contributed by atoms with Gasteiger partial charge in [0.2, 0.25) is 0 Å². The van der Waals surface area contributed by atoms with Crippen molar-refractivity contribution in [1.82, 2.24) is 21.0 Å². The van der Waals surface area contributed by atoms with Crippen molar-refractivity contribution in [3.8, 4) is 16.3 Å². The van der Waals surface area contributed by atoms with Gasteiger partial charge in [-0.2, -0.15) is 5.10 Å². The third kappa shape index (κ3) is 4.04. The Bertz CT molecular complexity index is 856. The zero-order chi connectivity index (χ0) is 17.6. The fourth-order valence-electron chi connectivity index (χ4n) is 2.12. The highest BCUT2D eigenvalue weighted by molar-refractivity contribution is 7.13. The lowest BCUT2D eigenvalue weighted by atomic mass is 10.2. The van der Waals surface area contributed by atoms with E-state index in [0.29, 0.717) is 17.9 Å². The van der Waals surface area contributed by atoms with Gasteiger partial charge in [0, 0.05) is 5.56 Å². The average Bonchev–Trinajstić information content (AvgIpc) is 3.31. The number of thiophene rings is 1. The molecule has 0 radical (unpaired) electrons. The number of carbonyl (C=O) groups excluding carboxylic acids is 2. The smallest absolute Gasteiger partial charge is 0.290 e. The van der Waals surface area contributed by atoms with Gasteiger partial charge < -0.3 is 4.74 Å². The first kappa shape index (κ1) is 16.7. The van der Waals surface area contributed by atoms with Crippen LogP contribution in [0.25, 0.3) is 10.6 Å². The third-order valence-electron chi connectivity index (χ3n) is 3.31. The van der Waals surface area contributed by atoms with Crippen LogP contribution in [-0.2, 0) is 0 Å². The molecule has 0 aliphatic carbocycles. The molecule has 0 fully saturated rings. The summed E-state index contributed by atoms with van der Waals surface area (Å²) < 4.78 is 5.32. The van der Waals surface area contributed by atoms with Crippen molar-refractivity contribution in [2.24, 2.45) is 0 Å². The van der Waals surface area contributed by atoms with Crippen molar-refractivity contribution < 1.29 is 14.3 Å². The number of hydrogen-bond acceptors (Lipinski definition) is 5. The van der Waals surface area contributed by atoms with Crippen LogP contribution in [0, 0.1) is 0 Å². The summed E-state index contributed by atoms with van der Waals surface area (Å²) in [5, 5.41) is 8.69. The number of aromatic amines is 1. The highest BCUT2D eigenvalue weighted by atomic mass is 32.1. The number of ether oxygens (including phenoxy) is 1. The Balaban J connectivity index is 1.57. The molecule has 1 aromatic carbocycles.